The lowest BCUT2D eigenvalue weighted by Crippen LogP contribution is -2.39. The summed E-state index contributed by atoms with van der Waals surface area (Å²) in [4.78, 5) is 17.6. The molecule has 3 heterocycles. The molecule has 6 nitrogen and oxygen atoms in total. The van der Waals surface area contributed by atoms with Gasteiger partial charge in [-0.1, -0.05) is 0 Å². The first kappa shape index (κ1) is 12.0. The van der Waals surface area contributed by atoms with Crippen LogP contribution in [-0.4, -0.2) is 38.8 Å². The van der Waals surface area contributed by atoms with Gasteiger partial charge in [0.05, 0.1) is 11.6 Å². The van der Waals surface area contributed by atoms with Crippen LogP contribution in [-0.2, 0) is 4.79 Å². The summed E-state index contributed by atoms with van der Waals surface area (Å²) in [5.74, 6) is -0.199. The van der Waals surface area contributed by atoms with Crippen LogP contribution in [0.15, 0.2) is 18.5 Å². The Morgan fingerprint density at radius 3 is 3.16 bits per heavy atom. The Kier molecular flexibility index (Phi) is 2.85. The Bertz CT molecular complexity index is 622. The molecule has 1 fully saturated rings. The molecule has 2 aromatic heterocycles. The van der Waals surface area contributed by atoms with Crippen LogP contribution >= 0.6 is 0 Å². The highest BCUT2D eigenvalue weighted by Crippen LogP contribution is 2.25. The lowest BCUT2D eigenvalue weighted by atomic mass is 9.98. The van der Waals surface area contributed by atoms with Gasteiger partial charge in [-0.2, -0.15) is 5.10 Å². The van der Waals surface area contributed by atoms with Gasteiger partial charge in [0.25, 0.3) is 0 Å². The zero-order valence-electron chi connectivity index (χ0n) is 10.8. The standard InChI is InChI=1S/C13H16N4O2/c1-9-7-11-12(14-4-6-17(11)15-9)16-5-2-3-10(8-16)13(18)19/h4,6-7,10H,2-3,5,8H2,1H3,(H,18,19). The molecule has 100 valence electrons. The van der Waals surface area contributed by atoms with Gasteiger partial charge in [0.2, 0.25) is 0 Å². The second kappa shape index (κ2) is 4.53. The molecule has 0 amide bonds. The van der Waals surface area contributed by atoms with Gasteiger partial charge in [-0.15, -0.1) is 0 Å². The Balaban J connectivity index is 1.97. The van der Waals surface area contributed by atoms with Crippen molar-refractivity contribution in [1.82, 2.24) is 14.6 Å². The summed E-state index contributed by atoms with van der Waals surface area (Å²) in [6.07, 6.45) is 5.14. The number of piperidine rings is 1. The molecule has 6 heteroatoms. The Morgan fingerprint density at radius 2 is 2.37 bits per heavy atom. The van der Waals surface area contributed by atoms with Crippen LogP contribution in [0.3, 0.4) is 0 Å². The number of anilines is 1. The minimum Gasteiger partial charge on any atom is -0.481 e. The van der Waals surface area contributed by atoms with E-state index in [-0.39, 0.29) is 5.92 Å². The molecule has 0 aliphatic carbocycles. The van der Waals surface area contributed by atoms with Crippen LogP contribution < -0.4 is 4.90 Å². The molecule has 0 spiro atoms. The maximum Gasteiger partial charge on any atom is 0.308 e. The van der Waals surface area contributed by atoms with Gasteiger partial charge in [-0.25, -0.2) is 9.50 Å². The summed E-state index contributed by atoms with van der Waals surface area (Å²) >= 11 is 0. The largest absolute Gasteiger partial charge is 0.481 e. The van der Waals surface area contributed by atoms with Gasteiger partial charge in [-0.05, 0) is 25.8 Å². The summed E-state index contributed by atoms with van der Waals surface area (Å²) < 4.78 is 1.79. The first-order valence-corrected chi connectivity index (χ1v) is 6.44. The summed E-state index contributed by atoms with van der Waals surface area (Å²) in [5, 5.41) is 13.5. The molecule has 1 saturated heterocycles. The fourth-order valence-corrected chi connectivity index (χ4v) is 2.65. The number of hydrogen-bond donors (Lipinski definition) is 1. The number of carbonyl (C=O) groups is 1. The van der Waals surface area contributed by atoms with Gasteiger partial charge in [0, 0.05) is 25.5 Å². The van der Waals surface area contributed by atoms with Gasteiger partial charge in [0.1, 0.15) is 5.52 Å². The SMILES string of the molecule is Cc1cc2c(N3CCCC(C(=O)O)C3)nccn2n1. The number of aliphatic carboxylic acids is 1. The summed E-state index contributed by atoms with van der Waals surface area (Å²) in [5.41, 5.74) is 1.87. The number of carboxylic acids is 1. The Hall–Kier alpha value is -2.11. The van der Waals surface area contributed by atoms with Crippen LogP contribution in [0, 0.1) is 12.8 Å². The maximum atomic E-state index is 11.1. The first-order valence-electron chi connectivity index (χ1n) is 6.44. The van der Waals surface area contributed by atoms with E-state index < -0.39 is 5.97 Å². The lowest BCUT2D eigenvalue weighted by molar-refractivity contribution is -0.141. The fourth-order valence-electron chi connectivity index (χ4n) is 2.65. The predicted octanol–water partition coefficient (Wildman–Crippen LogP) is 1.34. The van der Waals surface area contributed by atoms with Crippen LogP contribution in [0.4, 0.5) is 5.82 Å². The Labute approximate surface area is 110 Å². The summed E-state index contributed by atoms with van der Waals surface area (Å²) in [6.45, 7) is 3.31. The molecule has 0 radical (unpaired) electrons. The van der Waals surface area contributed by atoms with Crippen molar-refractivity contribution in [3.8, 4) is 0 Å². The third kappa shape index (κ3) is 2.14. The lowest BCUT2D eigenvalue weighted by Gasteiger charge is -2.31. The zero-order valence-corrected chi connectivity index (χ0v) is 10.8. The predicted molar refractivity (Wildman–Crippen MR) is 70.3 cm³/mol. The topological polar surface area (TPSA) is 70.7 Å². The van der Waals surface area contributed by atoms with Crippen LogP contribution in [0.1, 0.15) is 18.5 Å². The average Bonchev–Trinajstić information content (AvgIpc) is 2.78. The molecule has 1 N–H and O–H groups in total. The number of aromatic nitrogens is 3. The van der Waals surface area contributed by atoms with E-state index in [1.807, 2.05) is 19.2 Å². The second-order valence-corrected chi connectivity index (χ2v) is 4.99. The highest BCUT2D eigenvalue weighted by atomic mass is 16.4. The van der Waals surface area contributed by atoms with E-state index in [4.69, 9.17) is 5.11 Å². The van der Waals surface area contributed by atoms with Crippen molar-refractivity contribution in [3.63, 3.8) is 0 Å². The number of aryl methyl sites for hydroxylation is 1. The number of nitrogens with zero attached hydrogens (tertiary/aromatic N) is 4. The monoisotopic (exact) mass is 260 g/mol. The normalized spacial score (nSPS) is 19.8. The van der Waals surface area contributed by atoms with E-state index in [2.05, 4.69) is 15.0 Å². The number of carboxylic acid groups (broad SMARTS) is 1. The molecule has 1 unspecified atom stereocenters. The molecular formula is C13H16N4O2. The molecule has 2 aromatic rings. The van der Waals surface area contributed by atoms with Crippen molar-refractivity contribution in [2.45, 2.75) is 19.8 Å². The third-order valence-electron chi connectivity index (χ3n) is 3.56. The number of rotatable bonds is 2. The van der Waals surface area contributed by atoms with Crippen molar-refractivity contribution in [1.29, 1.82) is 0 Å². The van der Waals surface area contributed by atoms with Crippen molar-refractivity contribution in [2.75, 3.05) is 18.0 Å². The minimum atomic E-state index is -0.721. The first-order chi connectivity index (χ1) is 9.15. The zero-order chi connectivity index (χ0) is 13.4. The molecule has 1 aliphatic heterocycles. The number of hydrogen-bond acceptors (Lipinski definition) is 4. The highest BCUT2D eigenvalue weighted by molar-refractivity contribution is 5.73. The summed E-state index contributed by atoms with van der Waals surface area (Å²) in [7, 11) is 0. The van der Waals surface area contributed by atoms with Crippen molar-refractivity contribution >= 4 is 17.3 Å². The minimum absolute atomic E-state index is 0.306. The van der Waals surface area contributed by atoms with E-state index in [1.165, 1.54) is 0 Å². The Morgan fingerprint density at radius 1 is 1.53 bits per heavy atom. The van der Waals surface area contributed by atoms with E-state index in [9.17, 15) is 4.79 Å². The third-order valence-corrected chi connectivity index (χ3v) is 3.56. The van der Waals surface area contributed by atoms with Crippen molar-refractivity contribution in [3.05, 3.63) is 24.2 Å². The molecular weight excluding hydrogens is 244 g/mol. The van der Waals surface area contributed by atoms with Crippen LogP contribution in [0.25, 0.3) is 5.52 Å². The van der Waals surface area contributed by atoms with E-state index in [0.29, 0.717) is 6.54 Å². The van der Waals surface area contributed by atoms with Gasteiger partial charge < -0.3 is 10.0 Å². The maximum absolute atomic E-state index is 11.1. The van der Waals surface area contributed by atoms with Crippen LogP contribution in [0.5, 0.6) is 0 Å². The molecule has 3 rings (SSSR count). The average molecular weight is 260 g/mol. The fraction of sp³-hybridized carbons (Fsp3) is 0.462. The van der Waals surface area contributed by atoms with Crippen molar-refractivity contribution < 1.29 is 9.90 Å². The smallest absolute Gasteiger partial charge is 0.308 e. The molecule has 0 aromatic carbocycles. The molecule has 1 aliphatic rings. The van der Waals surface area contributed by atoms with E-state index in [1.54, 1.807) is 10.7 Å². The summed E-state index contributed by atoms with van der Waals surface area (Å²) in [6, 6.07) is 1.98. The molecule has 19 heavy (non-hydrogen) atoms. The van der Waals surface area contributed by atoms with Crippen LogP contribution in [0.2, 0.25) is 0 Å². The molecule has 0 bridgehead atoms. The molecule has 0 saturated carbocycles. The van der Waals surface area contributed by atoms with Gasteiger partial charge in [-0.3, -0.25) is 4.79 Å². The van der Waals surface area contributed by atoms with Gasteiger partial charge in [0.15, 0.2) is 5.82 Å². The van der Waals surface area contributed by atoms with E-state index >= 15 is 0 Å². The highest BCUT2D eigenvalue weighted by Gasteiger charge is 2.27. The quantitative estimate of drug-likeness (QED) is 0.882. The van der Waals surface area contributed by atoms with Crippen molar-refractivity contribution in [2.24, 2.45) is 5.92 Å². The number of fused-ring (bicyclic) bond motifs is 1. The van der Waals surface area contributed by atoms with Gasteiger partial charge >= 0.3 is 5.97 Å². The second-order valence-electron chi connectivity index (χ2n) is 4.99. The molecule has 1 atom stereocenters. The van der Waals surface area contributed by atoms with E-state index in [0.717, 1.165) is 36.4 Å².